The zero-order valence-electron chi connectivity index (χ0n) is 24.8. The van der Waals surface area contributed by atoms with Gasteiger partial charge in [0.1, 0.15) is 11.6 Å². The summed E-state index contributed by atoms with van der Waals surface area (Å²) in [5.74, 6) is 1.05. The number of benzene rings is 5. The molecule has 3 aromatic heterocycles. The Morgan fingerprint density at radius 3 is 2.22 bits per heavy atom. The van der Waals surface area contributed by atoms with E-state index in [9.17, 15) is 5.11 Å². The zero-order valence-corrected chi connectivity index (χ0v) is 27.0. The Kier molecular flexibility index (Phi) is 7.14. The van der Waals surface area contributed by atoms with Crippen LogP contribution in [0.3, 0.4) is 0 Å². The number of nitrogens with zero attached hydrogens (tertiary/aromatic N) is 4. The first-order valence-electron chi connectivity index (χ1n) is 14.7. The topological polar surface area (TPSA) is 46.9 Å². The fourth-order valence-corrected chi connectivity index (χ4v) is 6.24. The van der Waals surface area contributed by atoms with Crippen LogP contribution in [-0.4, -0.2) is 19.2 Å². The molecule has 1 N–H and O–H groups in total. The molecular weight excluding hydrogens is 736 g/mol. The van der Waals surface area contributed by atoms with Gasteiger partial charge in [0.05, 0.1) is 28.0 Å². The molecule has 3 heterocycles. The first-order valence-corrected chi connectivity index (χ1v) is 14.7. The molecule has 0 saturated carbocycles. The minimum Gasteiger partial charge on any atom is -0.513 e. The summed E-state index contributed by atoms with van der Waals surface area (Å²) in [5.41, 5.74) is 7.18. The molecule has 220 valence electrons. The molecule has 5 aromatic carbocycles. The van der Waals surface area contributed by atoms with E-state index in [0.717, 1.165) is 55.5 Å². The predicted octanol–water partition coefficient (Wildman–Crippen LogP) is 8.16. The second-order valence-corrected chi connectivity index (χ2v) is 11.5. The van der Waals surface area contributed by atoms with Crippen molar-refractivity contribution in [2.75, 3.05) is 0 Å². The van der Waals surface area contributed by atoms with Crippen molar-refractivity contribution in [3.8, 4) is 28.5 Å². The number of aromatic hydroxyl groups is 1. The second kappa shape index (κ2) is 11.2. The van der Waals surface area contributed by atoms with Gasteiger partial charge in [0.15, 0.2) is 0 Å². The molecule has 0 aliphatic rings. The van der Waals surface area contributed by atoms with Gasteiger partial charge in [-0.05, 0) is 43.5 Å². The molecule has 0 amide bonds. The number of rotatable bonds is 5. The van der Waals surface area contributed by atoms with Gasteiger partial charge in [0, 0.05) is 11.1 Å². The van der Waals surface area contributed by atoms with Crippen LogP contribution < -0.4 is 4.57 Å². The van der Waals surface area contributed by atoms with E-state index in [1.165, 1.54) is 0 Å². The number of hydrogen-bond acceptors (Lipinski definition) is 2. The van der Waals surface area contributed by atoms with E-state index in [1.54, 1.807) is 6.07 Å². The van der Waals surface area contributed by atoms with Crippen molar-refractivity contribution >= 4 is 32.8 Å². The van der Waals surface area contributed by atoms with Gasteiger partial charge in [-0.25, -0.2) is 4.98 Å². The summed E-state index contributed by atoms with van der Waals surface area (Å²) in [6, 6.07) is 48.7. The molecular formula is C39H29N4OPt+. The smallest absolute Gasteiger partial charge is 0.513 e. The molecule has 8 aromatic rings. The first-order chi connectivity index (χ1) is 21.5. The largest absolute Gasteiger partial charge is 2.00 e. The summed E-state index contributed by atoms with van der Waals surface area (Å²) >= 11 is 0. The summed E-state index contributed by atoms with van der Waals surface area (Å²) in [7, 11) is 0. The van der Waals surface area contributed by atoms with Crippen molar-refractivity contribution in [1.29, 1.82) is 0 Å². The number of aromatic nitrogens is 4. The minimum atomic E-state index is -0.538. The Morgan fingerprint density at radius 1 is 0.689 bits per heavy atom. The molecule has 0 atom stereocenters. The molecule has 5 nitrogen and oxygen atoms in total. The van der Waals surface area contributed by atoms with Crippen LogP contribution in [0, 0.1) is 12.4 Å². The van der Waals surface area contributed by atoms with Crippen LogP contribution in [-0.2, 0) is 26.6 Å². The van der Waals surface area contributed by atoms with Crippen molar-refractivity contribution in [1.82, 2.24) is 14.1 Å². The van der Waals surface area contributed by atoms with Crippen LogP contribution in [0.2, 0.25) is 0 Å². The Bertz CT molecular complexity index is 2340. The van der Waals surface area contributed by atoms with E-state index in [4.69, 9.17) is 4.98 Å². The molecule has 0 bridgehead atoms. The van der Waals surface area contributed by atoms with Gasteiger partial charge >= 0.3 is 21.1 Å². The van der Waals surface area contributed by atoms with Crippen LogP contribution in [0.5, 0.6) is 5.75 Å². The maximum Gasteiger partial charge on any atom is 2.00 e. The Balaban J connectivity index is 0.00000325. The Hall–Kier alpha value is -4.99. The predicted molar refractivity (Wildman–Crippen MR) is 175 cm³/mol. The number of pyridine rings is 1. The number of hydrogen-bond donors (Lipinski definition) is 1. The van der Waals surface area contributed by atoms with Crippen LogP contribution in [0.25, 0.3) is 55.6 Å². The summed E-state index contributed by atoms with van der Waals surface area (Å²) in [4.78, 5) is 5.13. The van der Waals surface area contributed by atoms with Crippen molar-refractivity contribution in [2.24, 2.45) is 0 Å². The van der Waals surface area contributed by atoms with Gasteiger partial charge in [0.25, 0.3) is 0 Å². The monoisotopic (exact) mass is 764 g/mol. The van der Waals surface area contributed by atoms with E-state index < -0.39 is 5.54 Å². The van der Waals surface area contributed by atoms with Crippen LogP contribution in [0.4, 0.5) is 0 Å². The maximum atomic E-state index is 10.7. The van der Waals surface area contributed by atoms with Crippen molar-refractivity contribution in [2.45, 2.75) is 19.4 Å². The molecule has 0 saturated heterocycles. The third-order valence-corrected chi connectivity index (χ3v) is 8.52. The molecule has 0 spiro atoms. The molecule has 6 heteroatoms. The molecule has 0 radical (unpaired) electrons. The number of para-hydroxylation sites is 5. The minimum absolute atomic E-state index is 0. The third-order valence-electron chi connectivity index (χ3n) is 8.52. The van der Waals surface area contributed by atoms with Crippen LogP contribution in [0.15, 0.2) is 133 Å². The molecule has 0 unspecified atom stereocenters. The Labute approximate surface area is 275 Å². The fraction of sp³-hybridized carbons (Fsp3) is 0.0769. The number of fused-ring (bicyclic) bond motifs is 4. The molecule has 0 aliphatic carbocycles. The van der Waals surface area contributed by atoms with Gasteiger partial charge in [-0.3, -0.25) is 0 Å². The van der Waals surface area contributed by atoms with E-state index >= 15 is 0 Å². The van der Waals surface area contributed by atoms with Gasteiger partial charge in [-0.2, -0.15) is 12.1 Å². The normalized spacial score (nSPS) is 11.7. The SMILES string of the molecule is CC(C)(c1[c-]c2c(cc1)c1ccccc1n2-c1cccc(-c2ccccc2)n1)[n+]1[c-]n(-c2ccccc2O)c2ccccc21.[Pt+2]. The van der Waals surface area contributed by atoms with Crippen LogP contribution in [0.1, 0.15) is 19.4 Å². The number of phenolic OH excluding ortho intramolecular Hbond substituents is 1. The molecule has 8 rings (SSSR count). The van der Waals surface area contributed by atoms with E-state index in [0.29, 0.717) is 5.69 Å². The molecule has 45 heavy (non-hydrogen) atoms. The van der Waals surface area contributed by atoms with Crippen molar-refractivity contribution < 1.29 is 30.7 Å². The zero-order chi connectivity index (χ0) is 29.8. The van der Waals surface area contributed by atoms with Crippen molar-refractivity contribution in [3.63, 3.8) is 0 Å². The van der Waals surface area contributed by atoms with E-state index in [-0.39, 0.29) is 26.8 Å². The fourth-order valence-electron chi connectivity index (χ4n) is 6.24. The van der Waals surface area contributed by atoms with Gasteiger partial charge in [-0.15, -0.1) is 17.0 Å². The van der Waals surface area contributed by atoms with E-state index in [1.807, 2.05) is 53.1 Å². The van der Waals surface area contributed by atoms with Gasteiger partial charge in [0.2, 0.25) is 6.33 Å². The van der Waals surface area contributed by atoms with Gasteiger partial charge < -0.3 is 18.8 Å². The van der Waals surface area contributed by atoms with E-state index in [2.05, 4.69) is 114 Å². The Morgan fingerprint density at radius 2 is 1.40 bits per heavy atom. The van der Waals surface area contributed by atoms with Gasteiger partial charge in [-0.1, -0.05) is 103 Å². The van der Waals surface area contributed by atoms with Crippen molar-refractivity contribution in [3.05, 3.63) is 151 Å². The maximum absolute atomic E-state index is 10.7. The molecule has 0 aliphatic heterocycles. The summed E-state index contributed by atoms with van der Waals surface area (Å²) in [5, 5.41) is 13.0. The third kappa shape index (κ3) is 4.67. The summed E-state index contributed by atoms with van der Waals surface area (Å²) in [6.45, 7) is 4.37. The number of imidazole rings is 1. The quantitative estimate of drug-likeness (QED) is 0.142. The summed E-state index contributed by atoms with van der Waals surface area (Å²) in [6.07, 6.45) is 3.57. The standard InChI is InChI=1S/C39H29N4O.Pt/c1-39(2,42-26-41(33-18-8-9-19-34(33)42)35-20-10-11-21-37(35)44)28-23-24-30-29-15-6-7-17-32(29)43(36(30)25-28)38-22-12-16-31(40-38)27-13-4-3-5-14-27;/h3-24,44H,1-2H3;/q-1;+2. The summed E-state index contributed by atoms with van der Waals surface area (Å²) < 4.78 is 6.30. The average molecular weight is 765 g/mol. The first kappa shape index (κ1) is 28.8. The average Bonchev–Trinajstić information content (AvgIpc) is 3.62. The second-order valence-electron chi connectivity index (χ2n) is 11.5. The van der Waals surface area contributed by atoms with Crippen LogP contribution >= 0.6 is 0 Å². The number of phenols is 1. The molecule has 0 fully saturated rings.